The van der Waals surface area contributed by atoms with Crippen molar-refractivity contribution in [3.05, 3.63) is 45.8 Å². The maximum atomic E-state index is 6.21. The van der Waals surface area contributed by atoms with Gasteiger partial charge in [0.05, 0.1) is 7.11 Å². The number of halogens is 2. The fraction of sp³-hybridized carbons (Fsp3) is 0.333. The topological polar surface area (TPSA) is 47.0 Å². The Morgan fingerprint density at radius 1 is 1.24 bits per heavy atom. The predicted molar refractivity (Wildman–Crippen MR) is 86.5 cm³/mol. The highest BCUT2D eigenvalue weighted by Gasteiger charge is 2.10. The van der Waals surface area contributed by atoms with E-state index in [-0.39, 0.29) is 5.92 Å². The smallest absolute Gasteiger partial charge is 0.135 e. The van der Waals surface area contributed by atoms with Gasteiger partial charge >= 0.3 is 0 Å². The van der Waals surface area contributed by atoms with Crippen LogP contribution in [0.4, 0.5) is 5.82 Å². The van der Waals surface area contributed by atoms with Gasteiger partial charge in [0.15, 0.2) is 0 Å². The lowest BCUT2D eigenvalue weighted by Crippen LogP contribution is -2.07. The highest BCUT2D eigenvalue weighted by Crippen LogP contribution is 2.27. The second kappa shape index (κ2) is 6.96. The number of ether oxygens (including phenoxy) is 1. The minimum atomic E-state index is 0.207. The second-order valence-electron chi connectivity index (χ2n) is 4.86. The molecule has 0 radical (unpaired) electrons. The maximum absolute atomic E-state index is 6.21. The van der Waals surface area contributed by atoms with E-state index in [1.165, 1.54) is 0 Å². The van der Waals surface area contributed by atoms with Crippen molar-refractivity contribution < 1.29 is 4.74 Å². The summed E-state index contributed by atoms with van der Waals surface area (Å²) in [7, 11) is 1.62. The van der Waals surface area contributed by atoms with Crippen LogP contribution >= 0.6 is 23.2 Å². The van der Waals surface area contributed by atoms with E-state index in [1.54, 1.807) is 13.2 Å². The summed E-state index contributed by atoms with van der Waals surface area (Å²) in [5.41, 5.74) is 0.877. The van der Waals surface area contributed by atoms with Gasteiger partial charge in [-0.1, -0.05) is 43.1 Å². The molecule has 0 saturated carbocycles. The first-order chi connectivity index (χ1) is 10.0. The number of nitrogens with zero attached hydrogens (tertiary/aromatic N) is 2. The van der Waals surface area contributed by atoms with Crippen LogP contribution in [0.25, 0.3) is 0 Å². The molecule has 0 fully saturated rings. The third-order valence-corrected chi connectivity index (χ3v) is 3.52. The molecule has 0 atom stereocenters. The Morgan fingerprint density at radius 3 is 2.67 bits per heavy atom. The number of nitrogens with one attached hydrogen (secondary N) is 1. The summed E-state index contributed by atoms with van der Waals surface area (Å²) in [4.78, 5) is 8.65. The third kappa shape index (κ3) is 3.99. The molecule has 0 aliphatic heterocycles. The first kappa shape index (κ1) is 15.9. The molecular weight excluding hydrogens is 309 g/mol. The van der Waals surface area contributed by atoms with Crippen molar-refractivity contribution in [2.75, 3.05) is 12.4 Å². The summed E-state index contributed by atoms with van der Waals surface area (Å²) in [5.74, 6) is 2.31. The average molecular weight is 326 g/mol. The highest BCUT2D eigenvalue weighted by molar-refractivity contribution is 6.31. The van der Waals surface area contributed by atoms with Crippen LogP contribution in [-0.4, -0.2) is 17.1 Å². The molecular formula is C15H17Cl2N3O. The predicted octanol–water partition coefficient (Wildman–Crippen LogP) is 4.53. The standard InChI is InChI=1S/C15H17Cl2N3O/c1-9(2)15-19-13(17)7-14(20-15)18-8-10-11(16)5-4-6-12(10)21-3/h4-7,9H,8H2,1-3H3,(H,18,19,20). The van der Waals surface area contributed by atoms with Gasteiger partial charge < -0.3 is 10.1 Å². The fourth-order valence-electron chi connectivity index (χ4n) is 1.86. The average Bonchev–Trinajstić information content (AvgIpc) is 2.45. The number of benzene rings is 1. The molecule has 0 aliphatic carbocycles. The molecule has 0 amide bonds. The fourth-order valence-corrected chi connectivity index (χ4v) is 2.29. The first-order valence-electron chi connectivity index (χ1n) is 6.61. The van der Waals surface area contributed by atoms with E-state index in [0.29, 0.717) is 28.4 Å². The summed E-state index contributed by atoms with van der Waals surface area (Å²) >= 11 is 12.2. The molecule has 0 saturated heterocycles. The van der Waals surface area contributed by atoms with Crippen LogP contribution in [0.1, 0.15) is 31.2 Å². The van der Waals surface area contributed by atoms with Crippen molar-refractivity contribution in [1.82, 2.24) is 9.97 Å². The van der Waals surface area contributed by atoms with Crippen molar-refractivity contribution in [3.63, 3.8) is 0 Å². The molecule has 6 heteroatoms. The molecule has 1 aromatic carbocycles. The van der Waals surface area contributed by atoms with E-state index < -0.39 is 0 Å². The SMILES string of the molecule is COc1cccc(Cl)c1CNc1cc(Cl)nc(C(C)C)n1. The largest absolute Gasteiger partial charge is 0.496 e. The number of methoxy groups -OCH3 is 1. The summed E-state index contributed by atoms with van der Waals surface area (Å²) in [6.45, 7) is 4.53. The van der Waals surface area contributed by atoms with E-state index in [2.05, 4.69) is 15.3 Å². The molecule has 0 unspecified atom stereocenters. The lowest BCUT2D eigenvalue weighted by Gasteiger charge is -2.13. The quantitative estimate of drug-likeness (QED) is 0.820. The van der Waals surface area contributed by atoms with Crippen LogP contribution in [-0.2, 0) is 6.54 Å². The van der Waals surface area contributed by atoms with Crippen molar-refractivity contribution >= 4 is 29.0 Å². The lowest BCUT2D eigenvalue weighted by atomic mass is 10.2. The minimum Gasteiger partial charge on any atom is -0.496 e. The maximum Gasteiger partial charge on any atom is 0.135 e. The Morgan fingerprint density at radius 2 is 2.00 bits per heavy atom. The van der Waals surface area contributed by atoms with Crippen molar-refractivity contribution in [3.8, 4) is 5.75 Å². The Hall–Kier alpha value is -1.52. The Bertz CT molecular complexity index is 632. The van der Waals surface area contributed by atoms with Gasteiger partial charge in [-0.15, -0.1) is 0 Å². The molecule has 21 heavy (non-hydrogen) atoms. The zero-order valence-corrected chi connectivity index (χ0v) is 13.7. The molecule has 1 N–H and O–H groups in total. The number of hydrogen-bond donors (Lipinski definition) is 1. The molecule has 1 heterocycles. The highest BCUT2D eigenvalue weighted by atomic mass is 35.5. The van der Waals surface area contributed by atoms with Gasteiger partial charge in [0.25, 0.3) is 0 Å². The minimum absolute atomic E-state index is 0.207. The normalized spacial score (nSPS) is 10.8. The molecule has 0 aliphatic rings. The summed E-state index contributed by atoms with van der Waals surface area (Å²) < 4.78 is 5.32. The molecule has 1 aromatic heterocycles. The zero-order valence-electron chi connectivity index (χ0n) is 12.2. The zero-order chi connectivity index (χ0) is 15.4. The van der Waals surface area contributed by atoms with Crippen LogP contribution < -0.4 is 10.1 Å². The molecule has 2 aromatic rings. The van der Waals surface area contributed by atoms with E-state index in [1.807, 2.05) is 32.0 Å². The summed E-state index contributed by atoms with van der Waals surface area (Å²) in [6.07, 6.45) is 0. The summed E-state index contributed by atoms with van der Waals surface area (Å²) in [5, 5.41) is 4.28. The monoisotopic (exact) mass is 325 g/mol. The molecule has 4 nitrogen and oxygen atoms in total. The number of anilines is 1. The van der Waals surface area contributed by atoms with E-state index in [0.717, 1.165) is 11.3 Å². The van der Waals surface area contributed by atoms with Gasteiger partial charge in [-0.2, -0.15) is 0 Å². The van der Waals surface area contributed by atoms with Crippen molar-refractivity contribution in [1.29, 1.82) is 0 Å². The molecule has 0 bridgehead atoms. The van der Waals surface area contributed by atoms with Crippen LogP contribution in [0.5, 0.6) is 5.75 Å². The van der Waals surface area contributed by atoms with Crippen LogP contribution in [0.3, 0.4) is 0 Å². The van der Waals surface area contributed by atoms with Gasteiger partial charge in [-0.3, -0.25) is 0 Å². The van der Waals surface area contributed by atoms with Crippen LogP contribution in [0, 0.1) is 0 Å². The van der Waals surface area contributed by atoms with Gasteiger partial charge in [0, 0.05) is 29.1 Å². The molecule has 112 valence electrons. The molecule has 0 spiro atoms. The van der Waals surface area contributed by atoms with Gasteiger partial charge in [0.1, 0.15) is 22.5 Å². The van der Waals surface area contributed by atoms with Gasteiger partial charge in [0.2, 0.25) is 0 Å². The van der Waals surface area contributed by atoms with Gasteiger partial charge in [-0.25, -0.2) is 9.97 Å². The van der Waals surface area contributed by atoms with Gasteiger partial charge in [-0.05, 0) is 12.1 Å². The summed E-state index contributed by atoms with van der Waals surface area (Å²) in [6, 6.07) is 7.24. The number of rotatable bonds is 5. The van der Waals surface area contributed by atoms with Crippen molar-refractivity contribution in [2.24, 2.45) is 0 Å². The molecule has 2 rings (SSSR count). The lowest BCUT2D eigenvalue weighted by molar-refractivity contribution is 0.410. The Kier molecular flexibility index (Phi) is 5.26. The Balaban J connectivity index is 2.21. The van der Waals surface area contributed by atoms with E-state index >= 15 is 0 Å². The van der Waals surface area contributed by atoms with Crippen LogP contribution in [0.2, 0.25) is 10.2 Å². The number of hydrogen-bond acceptors (Lipinski definition) is 4. The van der Waals surface area contributed by atoms with E-state index in [4.69, 9.17) is 27.9 Å². The van der Waals surface area contributed by atoms with E-state index in [9.17, 15) is 0 Å². The van der Waals surface area contributed by atoms with Crippen LogP contribution in [0.15, 0.2) is 24.3 Å². The van der Waals surface area contributed by atoms with Crippen molar-refractivity contribution in [2.45, 2.75) is 26.3 Å². The Labute approximate surface area is 134 Å². The second-order valence-corrected chi connectivity index (χ2v) is 5.66. The first-order valence-corrected chi connectivity index (χ1v) is 7.36. The number of aromatic nitrogens is 2. The third-order valence-electron chi connectivity index (χ3n) is 2.97.